The van der Waals surface area contributed by atoms with Crippen LogP contribution in [0, 0.1) is 5.92 Å². The summed E-state index contributed by atoms with van der Waals surface area (Å²) in [6, 6.07) is 0. The van der Waals surface area contributed by atoms with Crippen LogP contribution in [-0.2, 0) is 0 Å². The van der Waals surface area contributed by atoms with Gasteiger partial charge in [0.1, 0.15) is 0 Å². The minimum absolute atomic E-state index is 0.790. The highest BCUT2D eigenvalue weighted by Crippen LogP contribution is 2.13. The van der Waals surface area contributed by atoms with Crippen molar-refractivity contribution in [1.29, 1.82) is 0 Å². The first-order valence-corrected chi connectivity index (χ1v) is 3.85. The maximum Gasteiger partial charge on any atom is 0.0324 e. The molecular weight excluding hydrogens is 122 g/mol. The molecule has 0 aromatic rings. The third kappa shape index (κ3) is 4.30. The van der Waals surface area contributed by atoms with E-state index in [1.807, 2.05) is 0 Å². The average molecular weight is 139 g/mol. The van der Waals surface area contributed by atoms with Gasteiger partial charge in [0.25, 0.3) is 0 Å². The van der Waals surface area contributed by atoms with Crippen molar-refractivity contribution >= 4 is 6.72 Å². The van der Waals surface area contributed by atoms with Crippen LogP contribution < -0.4 is 0 Å². The Labute approximate surface area is 63.9 Å². The molecule has 0 aromatic carbocycles. The highest BCUT2D eigenvalue weighted by molar-refractivity contribution is 5.27. The lowest BCUT2D eigenvalue weighted by Gasteiger charge is -2.06. The first-order chi connectivity index (χ1) is 4.70. The molecule has 0 saturated carbocycles. The van der Waals surface area contributed by atoms with E-state index in [2.05, 4.69) is 32.1 Å². The number of allylic oxidation sites excluding steroid dienone is 1. The number of hydrogen-bond acceptors (Lipinski definition) is 1. The molecule has 0 aliphatic heterocycles. The summed E-state index contributed by atoms with van der Waals surface area (Å²) >= 11 is 0. The molecule has 0 aliphatic carbocycles. The zero-order valence-electron chi connectivity index (χ0n) is 7.06. The van der Waals surface area contributed by atoms with Gasteiger partial charge in [0.2, 0.25) is 0 Å². The molecule has 0 heterocycles. The number of nitrogens with zero attached hydrogens (tertiary/aromatic N) is 1. The van der Waals surface area contributed by atoms with E-state index in [0.29, 0.717) is 0 Å². The Balaban J connectivity index is 3.34. The first-order valence-electron chi connectivity index (χ1n) is 3.85. The van der Waals surface area contributed by atoms with Crippen LogP contribution >= 0.6 is 0 Å². The van der Waals surface area contributed by atoms with Crippen molar-refractivity contribution < 1.29 is 0 Å². The standard InChI is InChI=1S/C9H17N/c1-5-8(2)6-7-9(3)10-4/h8H,3-7H2,1-2H3. The third-order valence-electron chi connectivity index (χ3n) is 1.85. The third-order valence-corrected chi connectivity index (χ3v) is 1.85. The lowest BCUT2D eigenvalue weighted by Crippen LogP contribution is -1.91. The number of aliphatic imine (C=N–C) groups is 1. The zero-order valence-corrected chi connectivity index (χ0v) is 7.06. The maximum atomic E-state index is 3.75. The van der Waals surface area contributed by atoms with Gasteiger partial charge in [-0.25, -0.2) is 0 Å². The molecule has 0 rings (SSSR count). The van der Waals surface area contributed by atoms with Crippen LogP contribution in [0.3, 0.4) is 0 Å². The minimum atomic E-state index is 0.790. The van der Waals surface area contributed by atoms with Gasteiger partial charge >= 0.3 is 0 Å². The van der Waals surface area contributed by atoms with Crippen molar-refractivity contribution in [3.8, 4) is 0 Å². The van der Waals surface area contributed by atoms with Gasteiger partial charge in [-0.15, -0.1) is 0 Å². The van der Waals surface area contributed by atoms with Crippen LogP contribution in [0.5, 0.6) is 0 Å². The second kappa shape index (κ2) is 5.21. The van der Waals surface area contributed by atoms with E-state index in [-0.39, 0.29) is 0 Å². The summed E-state index contributed by atoms with van der Waals surface area (Å²) in [6.07, 6.45) is 3.43. The molecule has 58 valence electrons. The zero-order chi connectivity index (χ0) is 7.98. The number of rotatable bonds is 5. The van der Waals surface area contributed by atoms with Crippen molar-refractivity contribution in [3.05, 3.63) is 12.3 Å². The topological polar surface area (TPSA) is 12.4 Å². The largest absolute Gasteiger partial charge is 0.270 e. The Kier molecular flexibility index (Phi) is 4.91. The Bertz CT molecular complexity index is 116. The Morgan fingerprint density at radius 1 is 1.60 bits per heavy atom. The fourth-order valence-electron chi connectivity index (χ4n) is 0.696. The van der Waals surface area contributed by atoms with Gasteiger partial charge in [0.05, 0.1) is 0 Å². The second-order valence-corrected chi connectivity index (χ2v) is 2.78. The smallest absolute Gasteiger partial charge is 0.0324 e. The summed E-state index contributed by atoms with van der Waals surface area (Å²) in [7, 11) is 0. The van der Waals surface area contributed by atoms with Crippen LogP contribution in [0.25, 0.3) is 0 Å². The van der Waals surface area contributed by atoms with Crippen LogP contribution in [-0.4, -0.2) is 6.72 Å². The lowest BCUT2D eigenvalue weighted by molar-refractivity contribution is 0.515. The van der Waals surface area contributed by atoms with Gasteiger partial charge in [-0.2, -0.15) is 0 Å². The van der Waals surface area contributed by atoms with Gasteiger partial charge in [-0.05, 0) is 25.5 Å². The molecule has 0 radical (unpaired) electrons. The van der Waals surface area contributed by atoms with E-state index in [1.54, 1.807) is 0 Å². The van der Waals surface area contributed by atoms with Crippen molar-refractivity contribution in [3.63, 3.8) is 0 Å². The molecule has 0 N–H and O–H groups in total. The Morgan fingerprint density at radius 2 is 2.20 bits per heavy atom. The Hall–Kier alpha value is -0.590. The minimum Gasteiger partial charge on any atom is -0.270 e. The molecule has 10 heavy (non-hydrogen) atoms. The van der Waals surface area contributed by atoms with Gasteiger partial charge < -0.3 is 0 Å². The highest BCUT2D eigenvalue weighted by Gasteiger charge is 1.98. The van der Waals surface area contributed by atoms with Crippen LogP contribution in [0.2, 0.25) is 0 Å². The number of hydrogen-bond donors (Lipinski definition) is 0. The molecule has 0 fully saturated rings. The van der Waals surface area contributed by atoms with E-state index < -0.39 is 0 Å². The highest BCUT2D eigenvalue weighted by atomic mass is 14.7. The normalized spacial score (nSPS) is 12.6. The molecule has 0 amide bonds. The molecule has 0 saturated heterocycles. The first kappa shape index (κ1) is 9.41. The van der Waals surface area contributed by atoms with Crippen molar-refractivity contribution in [2.75, 3.05) is 0 Å². The van der Waals surface area contributed by atoms with E-state index in [1.165, 1.54) is 12.8 Å². The van der Waals surface area contributed by atoms with E-state index >= 15 is 0 Å². The molecule has 0 bridgehead atoms. The average Bonchev–Trinajstić information content (AvgIpc) is 1.99. The predicted molar refractivity (Wildman–Crippen MR) is 47.4 cm³/mol. The van der Waals surface area contributed by atoms with Gasteiger partial charge in [-0.1, -0.05) is 26.8 Å². The van der Waals surface area contributed by atoms with Gasteiger partial charge in [-0.3, -0.25) is 4.99 Å². The molecule has 0 aliphatic rings. The second-order valence-electron chi connectivity index (χ2n) is 2.78. The predicted octanol–water partition coefficient (Wildman–Crippen LogP) is 3.03. The van der Waals surface area contributed by atoms with Gasteiger partial charge in [0, 0.05) is 5.70 Å². The summed E-state index contributed by atoms with van der Waals surface area (Å²) in [6.45, 7) is 11.6. The molecule has 1 unspecified atom stereocenters. The summed E-state index contributed by atoms with van der Waals surface area (Å²) in [5, 5.41) is 0. The summed E-state index contributed by atoms with van der Waals surface area (Å²) < 4.78 is 0. The summed E-state index contributed by atoms with van der Waals surface area (Å²) in [4.78, 5) is 3.75. The van der Waals surface area contributed by atoms with E-state index in [9.17, 15) is 0 Å². The van der Waals surface area contributed by atoms with Crippen LogP contribution in [0.1, 0.15) is 33.1 Å². The monoisotopic (exact) mass is 139 g/mol. The van der Waals surface area contributed by atoms with Crippen molar-refractivity contribution in [2.45, 2.75) is 33.1 Å². The SMILES string of the molecule is C=NC(=C)CCC(C)CC. The summed E-state index contributed by atoms with van der Waals surface area (Å²) in [5.74, 6) is 0.790. The Morgan fingerprint density at radius 3 is 2.60 bits per heavy atom. The molecule has 1 nitrogen and oxygen atoms in total. The molecule has 1 heteroatoms. The van der Waals surface area contributed by atoms with E-state index in [4.69, 9.17) is 0 Å². The van der Waals surface area contributed by atoms with Crippen LogP contribution in [0.15, 0.2) is 17.3 Å². The fraction of sp³-hybridized carbons (Fsp3) is 0.667. The molecular formula is C9H17N. The van der Waals surface area contributed by atoms with Crippen LogP contribution in [0.4, 0.5) is 0 Å². The lowest BCUT2D eigenvalue weighted by atomic mass is 10.0. The van der Waals surface area contributed by atoms with Crippen molar-refractivity contribution in [1.82, 2.24) is 0 Å². The molecule has 0 spiro atoms. The molecule has 0 aromatic heterocycles. The van der Waals surface area contributed by atoms with E-state index in [0.717, 1.165) is 18.0 Å². The summed E-state index contributed by atoms with van der Waals surface area (Å²) in [5.41, 5.74) is 0.917. The fourth-order valence-corrected chi connectivity index (χ4v) is 0.696. The van der Waals surface area contributed by atoms with Crippen molar-refractivity contribution in [2.24, 2.45) is 10.9 Å². The maximum absolute atomic E-state index is 3.75. The molecule has 1 atom stereocenters. The quantitative estimate of drug-likeness (QED) is 0.519. The van der Waals surface area contributed by atoms with Gasteiger partial charge in [0.15, 0.2) is 0 Å².